The molecule has 1 saturated heterocycles. The van der Waals surface area contributed by atoms with Gasteiger partial charge < -0.3 is 15.0 Å². The lowest BCUT2D eigenvalue weighted by atomic mass is 10.1. The fourth-order valence-electron chi connectivity index (χ4n) is 2.60. The van der Waals surface area contributed by atoms with Gasteiger partial charge in [-0.25, -0.2) is 0 Å². The summed E-state index contributed by atoms with van der Waals surface area (Å²) < 4.78 is 5.56. The highest BCUT2D eigenvalue weighted by Gasteiger charge is 2.15. The van der Waals surface area contributed by atoms with Crippen LogP contribution in [0.4, 0.5) is 0 Å². The minimum Gasteiger partial charge on any atom is -0.379 e. The Labute approximate surface area is 113 Å². The van der Waals surface area contributed by atoms with E-state index in [0.717, 1.165) is 25.6 Å². The lowest BCUT2D eigenvalue weighted by molar-refractivity contribution is 0.0766. The maximum Gasteiger partial charge on any atom is 0.0518 e. The minimum atomic E-state index is 0.366. The van der Waals surface area contributed by atoms with Crippen LogP contribution in [0.5, 0.6) is 0 Å². The highest BCUT2D eigenvalue weighted by Crippen LogP contribution is 2.11. The second-order valence-electron chi connectivity index (χ2n) is 5.70. The number of hydrogen-bond donors (Lipinski definition) is 1. The zero-order valence-corrected chi connectivity index (χ0v) is 12.6. The van der Waals surface area contributed by atoms with E-state index in [2.05, 4.69) is 31.0 Å². The van der Waals surface area contributed by atoms with Gasteiger partial charge in [0.15, 0.2) is 0 Å². The summed E-state index contributed by atoms with van der Waals surface area (Å²) in [5.74, 6) is 0. The van der Waals surface area contributed by atoms with E-state index in [9.17, 15) is 0 Å². The molecule has 0 aromatic carbocycles. The molecule has 0 saturated carbocycles. The number of nitrogens with one attached hydrogen (secondary N) is 1. The molecule has 1 aliphatic rings. The van der Waals surface area contributed by atoms with Crippen LogP contribution in [0.2, 0.25) is 0 Å². The first-order valence-corrected chi connectivity index (χ1v) is 7.79. The van der Waals surface area contributed by atoms with Crippen molar-refractivity contribution in [2.75, 3.05) is 32.8 Å². The van der Waals surface area contributed by atoms with E-state index in [1.807, 2.05) is 0 Å². The van der Waals surface area contributed by atoms with E-state index in [1.165, 1.54) is 45.3 Å². The van der Waals surface area contributed by atoms with Gasteiger partial charge in [-0.05, 0) is 72.1 Å². The van der Waals surface area contributed by atoms with Crippen LogP contribution in [0, 0.1) is 0 Å². The Morgan fingerprint density at radius 3 is 2.83 bits per heavy atom. The standard InChI is InChI=1S/C15H32N2O/c1-4-10-17-11-5-7-15(8-12-17)16-9-6-13-18-14(2)3/h14-16H,4-13H2,1-3H3. The van der Waals surface area contributed by atoms with E-state index in [0.29, 0.717) is 6.10 Å². The van der Waals surface area contributed by atoms with E-state index >= 15 is 0 Å². The van der Waals surface area contributed by atoms with Crippen LogP contribution >= 0.6 is 0 Å². The highest BCUT2D eigenvalue weighted by atomic mass is 16.5. The third kappa shape index (κ3) is 7.34. The van der Waals surface area contributed by atoms with Crippen molar-refractivity contribution in [1.29, 1.82) is 0 Å². The third-order valence-corrected chi connectivity index (χ3v) is 3.57. The van der Waals surface area contributed by atoms with E-state index in [-0.39, 0.29) is 0 Å². The molecule has 1 atom stereocenters. The summed E-state index contributed by atoms with van der Waals surface area (Å²) in [4.78, 5) is 2.61. The third-order valence-electron chi connectivity index (χ3n) is 3.57. The van der Waals surface area contributed by atoms with Crippen LogP contribution in [0.25, 0.3) is 0 Å². The van der Waals surface area contributed by atoms with Gasteiger partial charge in [-0.15, -0.1) is 0 Å². The zero-order chi connectivity index (χ0) is 13.2. The molecule has 3 heteroatoms. The zero-order valence-electron chi connectivity index (χ0n) is 12.6. The normalized spacial score (nSPS) is 22.3. The van der Waals surface area contributed by atoms with Gasteiger partial charge in [-0.3, -0.25) is 0 Å². The van der Waals surface area contributed by atoms with E-state index in [1.54, 1.807) is 0 Å². The molecule has 0 aromatic heterocycles. The van der Waals surface area contributed by atoms with Crippen LogP contribution in [-0.4, -0.2) is 49.8 Å². The molecule has 18 heavy (non-hydrogen) atoms. The smallest absolute Gasteiger partial charge is 0.0518 e. The fourth-order valence-corrected chi connectivity index (χ4v) is 2.60. The quantitative estimate of drug-likeness (QED) is 0.676. The van der Waals surface area contributed by atoms with E-state index in [4.69, 9.17) is 4.74 Å². The summed E-state index contributed by atoms with van der Waals surface area (Å²) in [5, 5.41) is 3.69. The van der Waals surface area contributed by atoms with Gasteiger partial charge in [0.2, 0.25) is 0 Å². The molecular formula is C15H32N2O. The number of nitrogens with zero attached hydrogens (tertiary/aromatic N) is 1. The van der Waals surface area contributed by atoms with E-state index < -0.39 is 0 Å². The van der Waals surface area contributed by atoms with Gasteiger partial charge in [0.1, 0.15) is 0 Å². The van der Waals surface area contributed by atoms with Crippen LogP contribution < -0.4 is 5.32 Å². The molecule has 0 aromatic rings. The molecule has 108 valence electrons. The Balaban J connectivity index is 2.04. The fraction of sp³-hybridized carbons (Fsp3) is 1.00. The molecule has 1 rings (SSSR count). The monoisotopic (exact) mass is 256 g/mol. The number of rotatable bonds is 8. The molecule has 1 fully saturated rings. The van der Waals surface area contributed by atoms with Crippen LogP contribution in [0.15, 0.2) is 0 Å². The molecule has 0 spiro atoms. The molecule has 0 aliphatic carbocycles. The molecule has 1 N–H and O–H groups in total. The summed E-state index contributed by atoms with van der Waals surface area (Å²) in [7, 11) is 0. The van der Waals surface area contributed by atoms with Crippen molar-refractivity contribution in [3.63, 3.8) is 0 Å². The lowest BCUT2D eigenvalue weighted by Crippen LogP contribution is -2.32. The second kappa shape index (κ2) is 9.76. The molecule has 0 radical (unpaired) electrons. The highest BCUT2D eigenvalue weighted by molar-refractivity contribution is 4.74. The predicted octanol–water partition coefficient (Wildman–Crippen LogP) is 2.66. The molecule has 3 nitrogen and oxygen atoms in total. The first-order chi connectivity index (χ1) is 8.72. The van der Waals surface area contributed by atoms with Crippen molar-refractivity contribution in [2.24, 2.45) is 0 Å². The van der Waals surface area contributed by atoms with Crippen molar-refractivity contribution in [2.45, 2.75) is 65.0 Å². The molecule has 0 bridgehead atoms. The Morgan fingerprint density at radius 2 is 2.11 bits per heavy atom. The molecule has 1 heterocycles. The molecule has 1 aliphatic heterocycles. The first-order valence-electron chi connectivity index (χ1n) is 7.79. The van der Waals surface area contributed by atoms with Gasteiger partial charge in [0, 0.05) is 12.6 Å². The summed E-state index contributed by atoms with van der Waals surface area (Å²) in [6, 6.07) is 0.728. The topological polar surface area (TPSA) is 24.5 Å². The SMILES string of the molecule is CCCN1CCCC(NCCCOC(C)C)CC1. The summed E-state index contributed by atoms with van der Waals surface area (Å²) in [6.07, 6.45) is 6.78. The summed E-state index contributed by atoms with van der Waals surface area (Å²) in [5.41, 5.74) is 0. The minimum absolute atomic E-state index is 0.366. The molecular weight excluding hydrogens is 224 g/mol. The summed E-state index contributed by atoms with van der Waals surface area (Å²) in [6.45, 7) is 12.3. The Kier molecular flexibility index (Phi) is 8.64. The molecule has 0 amide bonds. The lowest BCUT2D eigenvalue weighted by Gasteiger charge is -2.19. The first kappa shape index (κ1) is 15.9. The second-order valence-corrected chi connectivity index (χ2v) is 5.70. The predicted molar refractivity (Wildman–Crippen MR) is 78.1 cm³/mol. The van der Waals surface area contributed by atoms with Crippen molar-refractivity contribution in [1.82, 2.24) is 10.2 Å². The largest absolute Gasteiger partial charge is 0.379 e. The van der Waals surface area contributed by atoms with Crippen molar-refractivity contribution < 1.29 is 4.74 Å². The maximum atomic E-state index is 5.56. The Hall–Kier alpha value is -0.120. The van der Waals surface area contributed by atoms with Gasteiger partial charge >= 0.3 is 0 Å². The van der Waals surface area contributed by atoms with Crippen LogP contribution in [0.3, 0.4) is 0 Å². The van der Waals surface area contributed by atoms with Crippen LogP contribution in [0.1, 0.15) is 52.9 Å². The van der Waals surface area contributed by atoms with Crippen molar-refractivity contribution >= 4 is 0 Å². The summed E-state index contributed by atoms with van der Waals surface area (Å²) >= 11 is 0. The Bertz CT molecular complexity index is 197. The number of hydrogen-bond acceptors (Lipinski definition) is 3. The average molecular weight is 256 g/mol. The maximum absolute atomic E-state index is 5.56. The van der Waals surface area contributed by atoms with Gasteiger partial charge in [-0.2, -0.15) is 0 Å². The Morgan fingerprint density at radius 1 is 1.28 bits per heavy atom. The van der Waals surface area contributed by atoms with Crippen LogP contribution in [-0.2, 0) is 4.74 Å². The van der Waals surface area contributed by atoms with Gasteiger partial charge in [-0.1, -0.05) is 6.92 Å². The van der Waals surface area contributed by atoms with Crippen molar-refractivity contribution in [3.8, 4) is 0 Å². The number of likely N-dealkylation sites (tertiary alicyclic amines) is 1. The van der Waals surface area contributed by atoms with Gasteiger partial charge in [0.05, 0.1) is 6.10 Å². The molecule has 1 unspecified atom stereocenters. The van der Waals surface area contributed by atoms with Crippen molar-refractivity contribution in [3.05, 3.63) is 0 Å². The number of ether oxygens (including phenoxy) is 1. The van der Waals surface area contributed by atoms with Gasteiger partial charge in [0.25, 0.3) is 0 Å². The average Bonchev–Trinajstić information content (AvgIpc) is 2.55.